The first kappa shape index (κ1) is 23.5. The molecule has 0 spiro atoms. The van der Waals surface area contributed by atoms with Gasteiger partial charge >= 0.3 is 6.09 Å². The zero-order valence-corrected chi connectivity index (χ0v) is 18.8. The quantitative estimate of drug-likeness (QED) is 0.567. The molecule has 2 amide bonds. The number of benzene rings is 1. The van der Waals surface area contributed by atoms with E-state index in [-0.39, 0.29) is 18.0 Å². The molecule has 1 fully saturated rings. The molecule has 166 valence electrons. The lowest BCUT2D eigenvalue weighted by molar-refractivity contribution is 0.0186. The van der Waals surface area contributed by atoms with Gasteiger partial charge in [-0.3, -0.25) is 4.79 Å². The van der Waals surface area contributed by atoms with Gasteiger partial charge in [0.15, 0.2) is 5.96 Å². The summed E-state index contributed by atoms with van der Waals surface area (Å²) in [4.78, 5) is 32.6. The highest BCUT2D eigenvalue weighted by Crippen LogP contribution is 2.12. The van der Waals surface area contributed by atoms with Crippen molar-refractivity contribution in [2.45, 2.75) is 59.2 Å². The Hall–Kier alpha value is -2.77. The minimum atomic E-state index is -0.505. The molecule has 0 aromatic heterocycles. The summed E-state index contributed by atoms with van der Waals surface area (Å²) in [6, 6.07) is 7.55. The maximum atomic E-state index is 12.3. The van der Waals surface area contributed by atoms with E-state index in [0.29, 0.717) is 44.2 Å². The first-order chi connectivity index (χ1) is 14.1. The molecular formula is C22H35N5O3. The molecule has 0 bridgehead atoms. The number of guanidine groups is 1. The van der Waals surface area contributed by atoms with Gasteiger partial charge in [-0.25, -0.2) is 9.79 Å². The summed E-state index contributed by atoms with van der Waals surface area (Å²) in [6.45, 7) is 12.3. The molecular weight excluding hydrogens is 382 g/mol. The number of carbonyl (C=O) groups excluding carboxylic acids is 2. The van der Waals surface area contributed by atoms with Crippen LogP contribution in [0.5, 0.6) is 0 Å². The van der Waals surface area contributed by atoms with E-state index in [4.69, 9.17) is 10.5 Å². The van der Waals surface area contributed by atoms with Crippen LogP contribution in [0, 0.1) is 0 Å². The van der Waals surface area contributed by atoms with Crippen molar-refractivity contribution >= 4 is 18.0 Å². The van der Waals surface area contributed by atoms with Gasteiger partial charge in [-0.15, -0.1) is 0 Å². The molecule has 0 radical (unpaired) electrons. The van der Waals surface area contributed by atoms with E-state index in [1.807, 2.05) is 57.7 Å². The van der Waals surface area contributed by atoms with E-state index < -0.39 is 5.60 Å². The van der Waals surface area contributed by atoms with Gasteiger partial charge in [0.05, 0.1) is 6.54 Å². The SMILES string of the molecule is CCC(C)NC(=O)c1cccc(CN=C(N)N2CCN(C(=O)OC(C)(C)C)CC2)c1. The third-order valence-electron chi connectivity index (χ3n) is 4.86. The highest BCUT2D eigenvalue weighted by molar-refractivity contribution is 5.94. The summed E-state index contributed by atoms with van der Waals surface area (Å²) >= 11 is 0. The fraction of sp³-hybridized carbons (Fsp3) is 0.591. The summed E-state index contributed by atoms with van der Waals surface area (Å²) in [5.74, 6) is 0.356. The van der Waals surface area contributed by atoms with Gasteiger partial charge in [-0.1, -0.05) is 19.1 Å². The predicted molar refractivity (Wildman–Crippen MR) is 118 cm³/mol. The highest BCUT2D eigenvalue weighted by Gasteiger charge is 2.26. The number of nitrogens with two attached hydrogens (primary N) is 1. The first-order valence-electron chi connectivity index (χ1n) is 10.5. The Morgan fingerprint density at radius 2 is 1.83 bits per heavy atom. The normalized spacial score (nSPS) is 16.2. The number of piperazine rings is 1. The van der Waals surface area contributed by atoms with Crippen molar-refractivity contribution in [3.8, 4) is 0 Å². The summed E-state index contributed by atoms with van der Waals surface area (Å²) in [6.07, 6.45) is 0.582. The second-order valence-corrected chi connectivity index (χ2v) is 8.61. The summed E-state index contributed by atoms with van der Waals surface area (Å²) < 4.78 is 5.41. The molecule has 2 rings (SSSR count). The van der Waals surface area contributed by atoms with Gasteiger partial charge in [-0.2, -0.15) is 0 Å². The standard InChI is InChI=1S/C22H35N5O3/c1-6-16(2)25-19(28)18-9-7-8-17(14-18)15-24-20(23)26-10-12-27(13-11-26)21(29)30-22(3,4)5/h7-9,14,16H,6,10-13,15H2,1-5H3,(H2,23,24)(H,25,28). The monoisotopic (exact) mass is 417 g/mol. The van der Waals surface area contributed by atoms with Crippen molar-refractivity contribution < 1.29 is 14.3 Å². The number of hydrogen-bond donors (Lipinski definition) is 2. The number of ether oxygens (including phenoxy) is 1. The maximum Gasteiger partial charge on any atom is 0.410 e. The lowest BCUT2D eigenvalue weighted by atomic mass is 10.1. The molecule has 1 aliphatic rings. The zero-order chi connectivity index (χ0) is 22.3. The van der Waals surface area contributed by atoms with Gasteiger partial charge in [0, 0.05) is 37.8 Å². The van der Waals surface area contributed by atoms with Crippen LogP contribution < -0.4 is 11.1 Å². The maximum absolute atomic E-state index is 12.3. The molecule has 1 atom stereocenters. The minimum absolute atomic E-state index is 0.0820. The van der Waals surface area contributed by atoms with Crippen LogP contribution in [0.3, 0.4) is 0 Å². The number of nitrogens with one attached hydrogen (secondary N) is 1. The van der Waals surface area contributed by atoms with E-state index in [1.165, 1.54) is 0 Å². The minimum Gasteiger partial charge on any atom is -0.444 e. The van der Waals surface area contributed by atoms with Crippen molar-refractivity contribution in [1.82, 2.24) is 15.1 Å². The van der Waals surface area contributed by atoms with Crippen molar-refractivity contribution in [3.63, 3.8) is 0 Å². The van der Waals surface area contributed by atoms with Gasteiger partial charge in [0.2, 0.25) is 0 Å². The average molecular weight is 418 g/mol. The molecule has 3 N–H and O–H groups in total. The second kappa shape index (κ2) is 10.3. The van der Waals surface area contributed by atoms with Crippen LogP contribution in [-0.2, 0) is 11.3 Å². The van der Waals surface area contributed by atoms with E-state index in [1.54, 1.807) is 11.0 Å². The number of carbonyl (C=O) groups is 2. The van der Waals surface area contributed by atoms with E-state index in [9.17, 15) is 9.59 Å². The first-order valence-corrected chi connectivity index (χ1v) is 10.5. The molecule has 0 saturated carbocycles. The lowest BCUT2D eigenvalue weighted by Crippen LogP contribution is -2.53. The summed E-state index contributed by atoms with van der Waals surface area (Å²) in [5, 5.41) is 2.97. The van der Waals surface area contributed by atoms with E-state index in [0.717, 1.165) is 12.0 Å². The molecule has 1 unspecified atom stereocenters. The van der Waals surface area contributed by atoms with Gasteiger partial charge in [0.1, 0.15) is 5.60 Å². The topological polar surface area (TPSA) is 100 Å². The van der Waals surface area contributed by atoms with E-state index >= 15 is 0 Å². The smallest absolute Gasteiger partial charge is 0.410 e. The van der Waals surface area contributed by atoms with E-state index in [2.05, 4.69) is 10.3 Å². The Bertz CT molecular complexity index is 764. The number of amides is 2. The van der Waals surface area contributed by atoms with Crippen LogP contribution in [0.2, 0.25) is 0 Å². The Balaban J connectivity index is 1.89. The number of rotatable bonds is 5. The van der Waals surface area contributed by atoms with Crippen molar-refractivity contribution in [2.24, 2.45) is 10.7 Å². The summed E-state index contributed by atoms with van der Waals surface area (Å²) in [5.41, 5.74) is 7.19. The lowest BCUT2D eigenvalue weighted by Gasteiger charge is -2.36. The molecule has 1 heterocycles. The fourth-order valence-corrected chi connectivity index (χ4v) is 2.94. The Kier molecular flexibility index (Phi) is 8.08. The van der Waals surface area contributed by atoms with Crippen LogP contribution >= 0.6 is 0 Å². The Morgan fingerprint density at radius 1 is 1.20 bits per heavy atom. The second-order valence-electron chi connectivity index (χ2n) is 8.61. The third-order valence-corrected chi connectivity index (χ3v) is 4.86. The Morgan fingerprint density at radius 3 is 2.43 bits per heavy atom. The van der Waals surface area contributed by atoms with Crippen molar-refractivity contribution in [2.75, 3.05) is 26.2 Å². The highest BCUT2D eigenvalue weighted by atomic mass is 16.6. The van der Waals surface area contributed by atoms with Crippen LogP contribution in [0.4, 0.5) is 4.79 Å². The molecule has 0 aliphatic carbocycles. The predicted octanol–water partition coefficient (Wildman–Crippen LogP) is 2.58. The molecule has 1 aromatic rings. The number of nitrogens with zero attached hydrogens (tertiary/aromatic N) is 3. The number of hydrogen-bond acceptors (Lipinski definition) is 4. The van der Waals surface area contributed by atoms with Crippen LogP contribution in [0.25, 0.3) is 0 Å². The molecule has 1 aliphatic heterocycles. The van der Waals surface area contributed by atoms with Crippen LogP contribution in [0.15, 0.2) is 29.3 Å². The van der Waals surface area contributed by atoms with Gasteiger partial charge in [-0.05, 0) is 51.8 Å². The molecule has 8 heteroatoms. The van der Waals surface area contributed by atoms with Crippen LogP contribution in [0.1, 0.15) is 57.0 Å². The molecule has 1 saturated heterocycles. The fourth-order valence-electron chi connectivity index (χ4n) is 2.94. The van der Waals surface area contributed by atoms with Gasteiger partial charge < -0.3 is 25.6 Å². The average Bonchev–Trinajstić information content (AvgIpc) is 2.71. The molecule has 30 heavy (non-hydrogen) atoms. The van der Waals surface area contributed by atoms with Crippen molar-refractivity contribution in [3.05, 3.63) is 35.4 Å². The Labute approximate surface area is 179 Å². The third kappa shape index (κ3) is 7.24. The largest absolute Gasteiger partial charge is 0.444 e. The molecule has 1 aromatic carbocycles. The van der Waals surface area contributed by atoms with Gasteiger partial charge in [0.25, 0.3) is 5.91 Å². The molecule has 8 nitrogen and oxygen atoms in total. The number of aliphatic imine (C=N–C) groups is 1. The summed E-state index contributed by atoms with van der Waals surface area (Å²) in [7, 11) is 0. The van der Waals surface area contributed by atoms with Crippen LogP contribution in [-0.4, -0.2) is 65.6 Å². The zero-order valence-electron chi connectivity index (χ0n) is 18.8. The van der Waals surface area contributed by atoms with Crippen molar-refractivity contribution in [1.29, 1.82) is 0 Å².